The van der Waals surface area contributed by atoms with Crippen LogP contribution in [0.2, 0.25) is 0 Å². The number of nitrogens with one attached hydrogen (secondary N) is 2. The Morgan fingerprint density at radius 3 is 2.37 bits per heavy atom. The van der Waals surface area contributed by atoms with Crippen LogP contribution in [0.15, 0.2) is 24.3 Å². The Morgan fingerprint density at radius 1 is 1.19 bits per heavy atom. The van der Waals surface area contributed by atoms with Gasteiger partial charge in [-0.15, -0.1) is 10.2 Å². The van der Waals surface area contributed by atoms with Crippen LogP contribution in [0.25, 0.3) is 10.6 Å². The highest BCUT2D eigenvalue weighted by Gasteiger charge is 2.31. The zero-order valence-corrected chi connectivity index (χ0v) is 17.0. The van der Waals surface area contributed by atoms with Gasteiger partial charge in [0.15, 0.2) is 0 Å². The highest BCUT2D eigenvalue weighted by molar-refractivity contribution is 7.18. The van der Waals surface area contributed by atoms with Crippen molar-refractivity contribution in [3.63, 3.8) is 0 Å². The molecule has 0 saturated carbocycles. The van der Waals surface area contributed by atoms with Gasteiger partial charge >= 0.3 is 0 Å². The third-order valence-corrected chi connectivity index (χ3v) is 5.10. The summed E-state index contributed by atoms with van der Waals surface area (Å²) in [6, 6.07) is 5.23. The minimum absolute atomic E-state index is 0.0409. The Balaban J connectivity index is 2.13. The van der Waals surface area contributed by atoms with Gasteiger partial charge in [-0.3, -0.25) is 14.9 Å². The molecular weight excluding hydrogens is 367 g/mol. The first-order valence-electron chi connectivity index (χ1n) is 8.83. The maximum atomic E-state index is 13.0. The average Bonchev–Trinajstić information content (AvgIpc) is 3.06. The van der Waals surface area contributed by atoms with Crippen molar-refractivity contribution < 1.29 is 14.0 Å². The molecule has 0 aliphatic carbocycles. The summed E-state index contributed by atoms with van der Waals surface area (Å²) < 4.78 is 13.0. The minimum atomic E-state index is -0.667. The van der Waals surface area contributed by atoms with E-state index in [1.807, 2.05) is 13.8 Å². The lowest BCUT2D eigenvalue weighted by Crippen LogP contribution is -2.50. The Morgan fingerprint density at radius 2 is 1.81 bits per heavy atom. The first-order valence-corrected chi connectivity index (χ1v) is 9.64. The van der Waals surface area contributed by atoms with Crippen molar-refractivity contribution in [3.8, 4) is 10.6 Å². The number of carbonyl (C=O) groups is 2. The number of nitrogens with zero attached hydrogens (tertiary/aromatic N) is 2. The van der Waals surface area contributed by atoms with Crippen LogP contribution in [0, 0.1) is 17.2 Å². The van der Waals surface area contributed by atoms with Crippen LogP contribution in [0.5, 0.6) is 0 Å². The Bertz CT molecular complexity index is 799. The van der Waals surface area contributed by atoms with Crippen LogP contribution in [0.1, 0.15) is 41.0 Å². The number of carbonyl (C=O) groups excluding carboxylic acids is 2. The third kappa shape index (κ3) is 5.56. The molecule has 2 rings (SSSR count). The summed E-state index contributed by atoms with van der Waals surface area (Å²) in [6.45, 7) is 9.28. The minimum Gasteiger partial charge on any atom is -0.344 e. The van der Waals surface area contributed by atoms with Crippen LogP contribution in [0.3, 0.4) is 0 Å². The van der Waals surface area contributed by atoms with Crippen molar-refractivity contribution >= 4 is 28.3 Å². The summed E-state index contributed by atoms with van der Waals surface area (Å²) in [5, 5.41) is 14.5. The van der Waals surface area contributed by atoms with Gasteiger partial charge in [0.05, 0.1) is 0 Å². The molecule has 0 aliphatic rings. The molecule has 146 valence electrons. The lowest BCUT2D eigenvalue weighted by Gasteiger charge is -2.27. The van der Waals surface area contributed by atoms with Crippen LogP contribution >= 0.6 is 11.3 Å². The molecule has 2 aromatic rings. The highest BCUT2D eigenvalue weighted by atomic mass is 32.1. The Kier molecular flexibility index (Phi) is 6.64. The van der Waals surface area contributed by atoms with Gasteiger partial charge in [0, 0.05) is 11.0 Å². The number of hydrogen-bond acceptors (Lipinski definition) is 5. The quantitative estimate of drug-likeness (QED) is 0.782. The number of amides is 2. The zero-order chi connectivity index (χ0) is 20.2. The van der Waals surface area contributed by atoms with E-state index in [4.69, 9.17) is 0 Å². The molecule has 0 spiro atoms. The van der Waals surface area contributed by atoms with E-state index in [1.165, 1.54) is 23.5 Å². The average molecular weight is 393 g/mol. The lowest BCUT2D eigenvalue weighted by atomic mass is 9.92. The second kappa shape index (κ2) is 8.56. The van der Waals surface area contributed by atoms with Crippen LogP contribution in [-0.4, -0.2) is 28.1 Å². The van der Waals surface area contributed by atoms with Crippen molar-refractivity contribution in [2.45, 2.75) is 47.1 Å². The van der Waals surface area contributed by atoms with Crippen LogP contribution in [-0.2, 0) is 9.59 Å². The van der Waals surface area contributed by atoms with Crippen LogP contribution in [0.4, 0.5) is 9.52 Å². The van der Waals surface area contributed by atoms with Crippen molar-refractivity contribution in [1.82, 2.24) is 15.5 Å². The fourth-order valence-electron chi connectivity index (χ4n) is 2.23. The molecule has 0 unspecified atom stereocenters. The first-order chi connectivity index (χ1) is 12.6. The predicted molar refractivity (Wildman–Crippen MR) is 105 cm³/mol. The van der Waals surface area contributed by atoms with E-state index in [2.05, 4.69) is 20.8 Å². The second-order valence-electron chi connectivity index (χ2n) is 7.50. The molecular formula is C19H25FN4O2S. The third-order valence-electron chi connectivity index (χ3n) is 4.21. The molecule has 2 N–H and O–H groups in total. The zero-order valence-electron chi connectivity index (χ0n) is 16.2. The maximum Gasteiger partial charge on any atom is 0.249 e. The van der Waals surface area contributed by atoms with E-state index in [-0.39, 0.29) is 23.5 Å². The Labute approximate surface area is 162 Å². The molecule has 8 heteroatoms. The summed E-state index contributed by atoms with van der Waals surface area (Å²) in [5.74, 6) is -0.889. The fourth-order valence-corrected chi connectivity index (χ4v) is 2.98. The summed E-state index contributed by atoms with van der Waals surface area (Å²) in [6.07, 6.45) is 0.736. The van der Waals surface area contributed by atoms with Crippen LogP contribution < -0.4 is 10.6 Å². The van der Waals surface area contributed by atoms with Gasteiger partial charge in [0.2, 0.25) is 16.9 Å². The van der Waals surface area contributed by atoms with E-state index in [9.17, 15) is 14.0 Å². The van der Waals surface area contributed by atoms with Gasteiger partial charge in [0.25, 0.3) is 0 Å². The summed E-state index contributed by atoms with van der Waals surface area (Å²) in [7, 11) is 0. The molecule has 1 heterocycles. The molecule has 0 aliphatic heterocycles. The summed E-state index contributed by atoms with van der Waals surface area (Å²) >= 11 is 1.19. The molecule has 0 saturated heterocycles. The second-order valence-corrected chi connectivity index (χ2v) is 8.47. The van der Waals surface area contributed by atoms with Gasteiger partial charge < -0.3 is 5.32 Å². The normalized spacial score (nSPS) is 13.7. The molecule has 1 aromatic heterocycles. The number of aromatic nitrogens is 2. The number of anilines is 1. The summed E-state index contributed by atoms with van der Waals surface area (Å²) in [4.78, 5) is 25.1. The van der Waals surface area contributed by atoms with Crippen molar-refractivity contribution in [2.24, 2.45) is 11.3 Å². The number of benzene rings is 1. The molecule has 0 radical (unpaired) electrons. The monoisotopic (exact) mass is 392 g/mol. The molecule has 2 amide bonds. The largest absolute Gasteiger partial charge is 0.344 e. The Hall–Kier alpha value is -2.35. The highest BCUT2D eigenvalue weighted by Crippen LogP contribution is 2.27. The van der Waals surface area contributed by atoms with Gasteiger partial charge in [-0.2, -0.15) is 0 Å². The number of rotatable bonds is 6. The van der Waals surface area contributed by atoms with Gasteiger partial charge in [-0.25, -0.2) is 4.39 Å². The smallest absolute Gasteiger partial charge is 0.249 e. The number of halogens is 1. The molecule has 6 nitrogen and oxygen atoms in total. The summed E-state index contributed by atoms with van der Waals surface area (Å²) in [5.41, 5.74) is 0.124. The molecule has 0 fully saturated rings. The van der Waals surface area contributed by atoms with Gasteiger partial charge in [-0.1, -0.05) is 52.4 Å². The van der Waals surface area contributed by atoms with Crippen molar-refractivity contribution in [1.29, 1.82) is 0 Å². The SMILES string of the molecule is CC[C@@H](C)[C@@H](NC(=O)C(C)(C)C)C(=O)Nc1nnc(-c2ccc(F)cc2)s1. The predicted octanol–water partition coefficient (Wildman–Crippen LogP) is 3.86. The van der Waals surface area contributed by atoms with Gasteiger partial charge in [0.1, 0.15) is 16.9 Å². The van der Waals surface area contributed by atoms with E-state index in [0.717, 1.165) is 6.42 Å². The lowest BCUT2D eigenvalue weighted by molar-refractivity contribution is -0.132. The molecule has 2 atom stereocenters. The van der Waals surface area contributed by atoms with E-state index < -0.39 is 11.5 Å². The van der Waals surface area contributed by atoms with E-state index in [1.54, 1.807) is 32.9 Å². The fraction of sp³-hybridized carbons (Fsp3) is 0.474. The molecule has 27 heavy (non-hydrogen) atoms. The molecule has 1 aromatic carbocycles. The standard InChI is InChI=1S/C19H25FN4O2S/c1-6-11(2)14(21-17(26)19(3,4)5)15(25)22-18-24-23-16(27-18)12-7-9-13(20)10-8-12/h7-11,14H,6H2,1-5H3,(H,21,26)(H,22,24,25)/t11-,14-/m1/s1. The molecule has 0 bridgehead atoms. The number of hydrogen-bond donors (Lipinski definition) is 2. The maximum absolute atomic E-state index is 13.0. The van der Waals surface area contributed by atoms with E-state index in [0.29, 0.717) is 15.7 Å². The topological polar surface area (TPSA) is 84.0 Å². The van der Waals surface area contributed by atoms with Crippen molar-refractivity contribution in [2.75, 3.05) is 5.32 Å². The van der Waals surface area contributed by atoms with Gasteiger partial charge in [-0.05, 0) is 30.2 Å². The van der Waals surface area contributed by atoms with E-state index >= 15 is 0 Å². The first kappa shape index (κ1) is 21.0. The van der Waals surface area contributed by atoms with Crippen molar-refractivity contribution in [3.05, 3.63) is 30.1 Å².